The minimum Gasteiger partial charge on any atom is -0.449 e. The molecule has 0 fully saturated rings. The van der Waals surface area contributed by atoms with Crippen LogP contribution in [-0.4, -0.2) is 33.8 Å². The van der Waals surface area contributed by atoms with Crippen molar-refractivity contribution in [3.05, 3.63) is 39.2 Å². The fraction of sp³-hybridized carbons (Fsp3) is 0.474. The van der Waals surface area contributed by atoms with Gasteiger partial charge in [0, 0.05) is 0 Å². The third-order valence-corrected chi connectivity index (χ3v) is 4.72. The highest BCUT2D eigenvalue weighted by atomic mass is 16.7. The maximum absolute atomic E-state index is 13.2. The summed E-state index contributed by atoms with van der Waals surface area (Å²) in [4.78, 5) is 24.5. The highest BCUT2D eigenvalue weighted by molar-refractivity contribution is 5.77. The molecule has 0 bridgehead atoms. The van der Waals surface area contributed by atoms with E-state index in [0.29, 0.717) is 31.9 Å². The molecule has 1 aromatic heterocycles. The maximum atomic E-state index is 13.2. The Balaban J connectivity index is 2.36. The molecule has 26 heavy (non-hydrogen) atoms. The zero-order valence-corrected chi connectivity index (χ0v) is 15.4. The number of carboxylic acid groups (broad SMARTS) is 1. The van der Waals surface area contributed by atoms with Gasteiger partial charge in [-0.15, -0.1) is 0 Å². The van der Waals surface area contributed by atoms with E-state index in [1.807, 2.05) is 20.8 Å². The molecular weight excluding hydrogens is 336 g/mol. The van der Waals surface area contributed by atoms with Crippen molar-refractivity contribution >= 4 is 6.16 Å². The Morgan fingerprint density at radius 1 is 1.12 bits per heavy atom. The molecule has 1 aromatic carbocycles. The van der Waals surface area contributed by atoms with Gasteiger partial charge in [0.1, 0.15) is 5.56 Å². The molecule has 2 aromatic rings. The Bertz CT molecular complexity index is 869. The van der Waals surface area contributed by atoms with Crippen LogP contribution in [0.1, 0.15) is 30.5 Å². The molecule has 7 heteroatoms. The van der Waals surface area contributed by atoms with Gasteiger partial charge in [-0.25, -0.2) is 14.2 Å². The fourth-order valence-corrected chi connectivity index (χ4v) is 3.64. The summed E-state index contributed by atoms with van der Waals surface area (Å²) in [5.74, 6) is 0.0845. The number of hydrogen-bond acceptors (Lipinski definition) is 4. The van der Waals surface area contributed by atoms with Gasteiger partial charge in [0.15, 0.2) is 0 Å². The van der Waals surface area contributed by atoms with E-state index in [-0.39, 0.29) is 11.4 Å². The summed E-state index contributed by atoms with van der Waals surface area (Å²) in [5, 5.41) is 9.24. The Labute approximate surface area is 151 Å². The fourth-order valence-electron chi connectivity index (χ4n) is 3.64. The SMILES string of the molecule is CCc1cc(C)cc(CC)c1-c1c(OC(=O)O)n2n(c1=O)CCOCC2. The third kappa shape index (κ3) is 3.14. The predicted octanol–water partition coefficient (Wildman–Crippen LogP) is 2.84. The lowest BCUT2D eigenvalue weighted by molar-refractivity contribution is 0.131. The number of benzene rings is 1. The van der Waals surface area contributed by atoms with Crippen LogP contribution in [0.5, 0.6) is 5.88 Å². The summed E-state index contributed by atoms with van der Waals surface area (Å²) in [7, 11) is 0. The molecule has 7 nitrogen and oxygen atoms in total. The number of rotatable bonds is 4. The summed E-state index contributed by atoms with van der Waals surface area (Å²) < 4.78 is 13.6. The largest absolute Gasteiger partial charge is 0.512 e. The van der Waals surface area contributed by atoms with Crippen LogP contribution in [-0.2, 0) is 30.7 Å². The van der Waals surface area contributed by atoms with Gasteiger partial charge in [0.25, 0.3) is 5.56 Å². The molecule has 0 saturated heterocycles. The molecule has 0 amide bonds. The lowest BCUT2D eigenvalue weighted by Gasteiger charge is -2.15. The van der Waals surface area contributed by atoms with Crippen LogP contribution in [0.15, 0.2) is 16.9 Å². The second-order valence-corrected chi connectivity index (χ2v) is 6.38. The number of hydrogen-bond donors (Lipinski definition) is 1. The van der Waals surface area contributed by atoms with Gasteiger partial charge >= 0.3 is 6.16 Å². The second kappa shape index (κ2) is 7.37. The number of nitrogens with zero attached hydrogens (tertiary/aromatic N) is 2. The summed E-state index contributed by atoms with van der Waals surface area (Å²) in [6.45, 7) is 7.62. The van der Waals surface area contributed by atoms with E-state index < -0.39 is 6.16 Å². The summed E-state index contributed by atoms with van der Waals surface area (Å²) in [5.41, 5.74) is 4.06. The standard InChI is InChI=1S/C19H24N2O5/c1-4-13-10-12(3)11-14(5-2)15(13)16-17(22)20-6-8-25-9-7-21(20)18(16)26-19(23)24/h10-11H,4-9H2,1-3H3,(H,23,24). The van der Waals surface area contributed by atoms with Crippen LogP contribution in [0.25, 0.3) is 11.1 Å². The Morgan fingerprint density at radius 2 is 1.69 bits per heavy atom. The average Bonchev–Trinajstić information content (AvgIpc) is 2.78. The first-order valence-corrected chi connectivity index (χ1v) is 8.92. The van der Waals surface area contributed by atoms with Crippen molar-refractivity contribution in [1.82, 2.24) is 9.36 Å². The first-order chi connectivity index (χ1) is 12.5. The van der Waals surface area contributed by atoms with Crippen molar-refractivity contribution in [2.75, 3.05) is 13.2 Å². The highest BCUT2D eigenvalue weighted by Crippen LogP contribution is 2.35. The molecule has 0 atom stereocenters. The second-order valence-electron chi connectivity index (χ2n) is 6.38. The van der Waals surface area contributed by atoms with Gasteiger partial charge in [-0.3, -0.25) is 4.79 Å². The zero-order chi connectivity index (χ0) is 18.8. The smallest absolute Gasteiger partial charge is 0.449 e. The van der Waals surface area contributed by atoms with Gasteiger partial charge in [-0.2, -0.15) is 0 Å². The van der Waals surface area contributed by atoms with E-state index in [2.05, 4.69) is 12.1 Å². The predicted molar refractivity (Wildman–Crippen MR) is 97.1 cm³/mol. The van der Waals surface area contributed by atoms with Gasteiger partial charge in [0.2, 0.25) is 5.88 Å². The molecule has 3 rings (SSSR count). The summed E-state index contributed by atoms with van der Waals surface area (Å²) in [6.07, 6.45) is 0.0506. The molecule has 1 aliphatic rings. The lowest BCUT2D eigenvalue weighted by Crippen LogP contribution is -2.24. The Hall–Kier alpha value is -2.54. The Morgan fingerprint density at radius 3 is 2.23 bits per heavy atom. The number of aromatic nitrogens is 2. The van der Waals surface area contributed by atoms with E-state index in [1.54, 1.807) is 4.68 Å². The molecule has 1 aliphatic heterocycles. The van der Waals surface area contributed by atoms with Crippen molar-refractivity contribution in [3.8, 4) is 17.0 Å². The van der Waals surface area contributed by atoms with E-state index in [9.17, 15) is 14.7 Å². The van der Waals surface area contributed by atoms with E-state index in [0.717, 1.165) is 35.1 Å². The third-order valence-electron chi connectivity index (χ3n) is 4.72. The van der Waals surface area contributed by atoms with Gasteiger partial charge in [0.05, 0.1) is 26.3 Å². The first kappa shape index (κ1) is 18.3. The van der Waals surface area contributed by atoms with Crippen molar-refractivity contribution < 1.29 is 19.4 Å². The van der Waals surface area contributed by atoms with Crippen molar-refractivity contribution in [3.63, 3.8) is 0 Å². The Kier molecular flexibility index (Phi) is 5.18. The maximum Gasteiger partial charge on any atom is 0.512 e. The topological polar surface area (TPSA) is 82.7 Å². The molecule has 2 heterocycles. The zero-order valence-electron chi connectivity index (χ0n) is 15.4. The van der Waals surface area contributed by atoms with Crippen LogP contribution in [0.4, 0.5) is 4.79 Å². The number of fused-ring (bicyclic) bond motifs is 1. The van der Waals surface area contributed by atoms with Crippen LogP contribution >= 0.6 is 0 Å². The summed E-state index contributed by atoms with van der Waals surface area (Å²) >= 11 is 0. The normalized spacial score (nSPS) is 14.0. The van der Waals surface area contributed by atoms with Gasteiger partial charge in [-0.1, -0.05) is 31.5 Å². The molecule has 0 spiro atoms. The molecule has 0 radical (unpaired) electrons. The minimum absolute atomic E-state index is 0.0845. The number of ether oxygens (including phenoxy) is 2. The van der Waals surface area contributed by atoms with Gasteiger partial charge in [-0.05, 0) is 36.5 Å². The average molecular weight is 360 g/mol. The lowest BCUT2D eigenvalue weighted by atomic mass is 9.91. The van der Waals surface area contributed by atoms with Crippen LogP contribution in [0.2, 0.25) is 0 Å². The summed E-state index contributed by atoms with van der Waals surface area (Å²) in [6, 6.07) is 4.10. The van der Waals surface area contributed by atoms with Crippen LogP contribution < -0.4 is 10.3 Å². The highest BCUT2D eigenvalue weighted by Gasteiger charge is 2.28. The quantitative estimate of drug-likeness (QED) is 0.848. The molecule has 1 N–H and O–H groups in total. The van der Waals surface area contributed by atoms with E-state index in [1.165, 1.54) is 4.68 Å². The monoisotopic (exact) mass is 360 g/mol. The van der Waals surface area contributed by atoms with Crippen molar-refractivity contribution in [1.29, 1.82) is 0 Å². The molecule has 140 valence electrons. The molecular formula is C19H24N2O5. The molecule has 0 unspecified atom stereocenters. The van der Waals surface area contributed by atoms with Crippen molar-refractivity contribution in [2.45, 2.75) is 46.7 Å². The van der Waals surface area contributed by atoms with Crippen LogP contribution in [0.3, 0.4) is 0 Å². The van der Waals surface area contributed by atoms with Gasteiger partial charge < -0.3 is 14.6 Å². The molecule has 0 saturated carbocycles. The first-order valence-electron chi connectivity index (χ1n) is 8.92. The number of aryl methyl sites for hydroxylation is 3. The van der Waals surface area contributed by atoms with Crippen molar-refractivity contribution in [2.24, 2.45) is 0 Å². The number of carbonyl (C=O) groups is 1. The van der Waals surface area contributed by atoms with E-state index in [4.69, 9.17) is 9.47 Å². The van der Waals surface area contributed by atoms with E-state index >= 15 is 0 Å². The minimum atomic E-state index is -1.43. The van der Waals surface area contributed by atoms with Crippen LogP contribution in [0, 0.1) is 6.92 Å². The molecule has 0 aliphatic carbocycles.